The summed E-state index contributed by atoms with van der Waals surface area (Å²) in [7, 11) is 0. The van der Waals surface area contributed by atoms with Gasteiger partial charge in [-0.2, -0.15) is 0 Å². The normalized spacial score (nSPS) is 11.9. The molecule has 0 N–H and O–H groups in total. The maximum Gasteiger partial charge on any atom is 0.225 e. The third-order valence-electron chi connectivity index (χ3n) is 3.67. The highest BCUT2D eigenvalue weighted by molar-refractivity contribution is 5.96. The third-order valence-corrected chi connectivity index (χ3v) is 3.67. The van der Waals surface area contributed by atoms with Crippen LogP contribution in [0.15, 0.2) is 102 Å². The highest BCUT2D eigenvalue weighted by Crippen LogP contribution is 2.18. The Morgan fingerprint density at radius 1 is 0.769 bits per heavy atom. The lowest BCUT2D eigenvalue weighted by molar-refractivity contribution is 0.473. The van der Waals surface area contributed by atoms with Crippen molar-refractivity contribution in [2.45, 2.75) is 13.8 Å². The molecule has 26 heavy (non-hydrogen) atoms. The van der Waals surface area contributed by atoms with Gasteiger partial charge in [0.25, 0.3) is 0 Å². The first kappa shape index (κ1) is 17.5. The van der Waals surface area contributed by atoms with Gasteiger partial charge in [0.15, 0.2) is 0 Å². The van der Waals surface area contributed by atoms with Gasteiger partial charge in [-0.1, -0.05) is 54.1 Å². The monoisotopic (exact) mass is 343 g/mol. The predicted molar refractivity (Wildman–Crippen MR) is 106 cm³/mol. The Balaban J connectivity index is 1.85. The lowest BCUT2D eigenvalue weighted by atomic mass is 10.2. The molecule has 3 nitrogen and oxygen atoms in total. The Hall–Kier alpha value is -3.33. The fourth-order valence-corrected chi connectivity index (χ4v) is 2.24. The van der Waals surface area contributed by atoms with Crippen LogP contribution in [0, 0.1) is 6.92 Å². The summed E-state index contributed by atoms with van der Waals surface area (Å²) in [6.45, 7) is 3.96. The fourth-order valence-electron chi connectivity index (χ4n) is 2.24. The second kappa shape index (κ2) is 8.67. The van der Waals surface area contributed by atoms with Crippen LogP contribution in [-0.2, 0) is 0 Å². The average molecular weight is 343 g/mol. The van der Waals surface area contributed by atoms with Gasteiger partial charge in [0.05, 0.1) is 11.9 Å². The minimum absolute atomic E-state index is 0.495. The van der Waals surface area contributed by atoms with E-state index in [1.807, 2.05) is 98.8 Å². The Morgan fingerprint density at radius 2 is 1.38 bits per heavy atom. The second-order valence-electron chi connectivity index (χ2n) is 5.90. The molecule has 0 fully saturated rings. The van der Waals surface area contributed by atoms with Crippen LogP contribution >= 0.6 is 0 Å². The summed E-state index contributed by atoms with van der Waals surface area (Å²) in [4.78, 5) is 4.63. The smallest absolute Gasteiger partial charge is 0.225 e. The summed E-state index contributed by atoms with van der Waals surface area (Å²) in [5.74, 6) is 1.99. The van der Waals surface area contributed by atoms with Crippen molar-refractivity contribution >= 4 is 11.6 Å². The molecule has 0 aliphatic rings. The summed E-state index contributed by atoms with van der Waals surface area (Å²) < 4.78 is 11.7. The van der Waals surface area contributed by atoms with Gasteiger partial charge in [-0.25, -0.2) is 4.99 Å². The SMILES string of the molecule is C/C(=C\Oc1ccc(C)cc1)C(=Nc1ccccc1)Oc1ccccc1. The van der Waals surface area contributed by atoms with Crippen molar-refractivity contribution in [1.82, 2.24) is 0 Å². The Labute approximate surface area is 154 Å². The van der Waals surface area contributed by atoms with Crippen LogP contribution in [0.5, 0.6) is 11.5 Å². The minimum atomic E-state index is 0.495. The molecule has 0 unspecified atom stereocenters. The molecule has 3 aromatic rings. The fraction of sp³-hybridized carbons (Fsp3) is 0.0870. The van der Waals surface area contributed by atoms with E-state index >= 15 is 0 Å². The third kappa shape index (κ3) is 5.08. The second-order valence-corrected chi connectivity index (χ2v) is 5.90. The van der Waals surface area contributed by atoms with E-state index in [4.69, 9.17) is 9.47 Å². The molecule has 0 heterocycles. The van der Waals surface area contributed by atoms with Crippen molar-refractivity contribution in [3.8, 4) is 11.5 Å². The Morgan fingerprint density at radius 3 is 2.04 bits per heavy atom. The number of nitrogens with zero attached hydrogens (tertiary/aromatic N) is 1. The minimum Gasteiger partial charge on any atom is -0.465 e. The molecule has 0 aliphatic carbocycles. The predicted octanol–water partition coefficient (Wildman–Crippen LogP) is 6.09. The van der Waals surface area contributed by atoms with Crippen LogP contribution in [0.25, 0.3) is 0 Å². The van der Waals surface area contributed by atoms with Crippen molar-refractivity contribution in [3.63, 3.8) is 0 Å². The largest absolute Gasteiger partial charge is 0.465 e. The quantitative estimate of drug-likeness (QED) is 0.319. The standard InChI is InChI=1S/C23H21NO2/c1-18-13-15-21(16-14-18)25-17-19(2)23(24-20-9-5-3-6-10-20)26-22-11-7-4-8-12-22/h3-17H,1-2H3/b19-17+,24-23?. The molecule has 0 saturated heterocycles. The molecular formula is C23H21NO2. The zero-order valence-electron chi connectivity index (χ0n) is 14.9. The number of para-hydroxylation sites is 2. The maximum absolute atomic E-state index is 5.99. The number of hydrogen-bond acceptors (Lipinski definition) is 3. The van der Waals surface area contributed by atoms with Crippen LogP contribution in [0.3, 0.4) is 0 Å². The molecule has 0 bridgehead atoms. The van der Waals surface area contributed by atoms with Crippen LogP contribution in [0.4, 0.5) is 5.69 Å². The Kier molecular flexibility index (Phi) is 5.84. The zero-order chi connectivity index (χ0) is 18.2. The topological polar surface area (TPSA) is 30.8 Å². The van der Waals surface area contributed by atoms with E-state index < -0.39 is 0 Å². The molecule has 3 aromatic carbocycles. The average Bonchev–Trinajstić information content (AvgIpc) is 2.68. The van der Waals surface area contributed by atoms with Gasteiger partial charge < -0.3 is 9.47 Å². The summed E-state index contributed by atoms with van der Waals surface area (Å²) in [5, 5.41) is 0. The highest BCUT2D eigenvalue weighted by atomic mass is 16.5. The van der Waals surface area contributed by atoms with Gasteiger partial charge in [-0.15, -0.1) is 0 Å². The van der Waals surface area contributed by atoms with Crippen molar-refractivity contribution < 1.29 is 9.47 Å². The molecule has 0 aliphatic heterocycles. The van der Waals surface area contributed by atoms with E-state index in [0.717, 1.165) is 22.8 Å². The molecule has 3 rings (SSSR count). The first-order valence-corrected chi connectivity index (χ1v) is 8.48. The van der Waals surface area contributed by atoms with Crippen LogP contribution in [0.1, 0.15) is 12.5 Å². The lowest BCUT2D eigenvalue weighted by Crippen LogP contribution is -2.10. The molecule has 0 radical (unpaired) electrons. The van der Waals surface area contributed by atoms with E-state index in [2.05, 4.69) is 4.99 Å². The summed E-state index contributed by atoms with van der Waals surface area (Å²) in [5.41, 5.74) is 2.80. The molecule has 3 heteroatoms. The molecule has 0 saturated carbocycles. The van der Waals surface area contributed by atoms with E-state index in [-0.39, 0.29) is 0 Å². The lowest BCUT2D eigenvalue weighted by Gasteiger charge is -2.10. The molecule has 0 aromatic heterocycles. The van der Waals surface area contributed by atoms with Crippen LogP contribution in [-0.4, -0.2) is 5.90 Å². The van der Waals surface area contributed by atoms with Gasteiger partial charge in [0.2, 0.25) is 5.90 Å². The van der Waals surface area contributed by atoms with Crippen molar-refractivity contribution in [1.29, 1.82) is 0 Å². The van der Waals surface area contributed by atoms with Crippen LogP contribution in [0.2, 0.25) is 0 Å². The molecular weight excluding hydrogens is 322 g/mol. The van der Waals surface area contributed by atoms with E-state index in [1.54, 1.807) is 6.26 Å². The number of ether oxygens (including phenoxy) is 2. The molecule has 130 valence electrons. The number of aryl methyl sites for hydroxylation is 1. The van der Waals surface area contributed by atoms with Crippen LogP contribution < -0.4 is 9.47 Å². The van der Waals surface area contributed by atoms with E-state index in [1.165, 1.54) is 5.56 Å². The van der Waals surface area contributed by atoms with E-state index in [0.29, 0.717) is 5.90 Å². The van der Waals surface area contributed by atoms with Gasteiger partial charge in [-0.3, -0.25) is 0 Å². The molecule has 0 atom stereocenters. The highest BCUT2D eigenvalue weighted by Gasteiger charge is 2.07. The first-order valence-electron chi connectivity index (χ1n) is 8.48. The van der Waals surface area contributed by atoms with Gasteiger partial charge in [-0.05, 0) is 50.2 Å². The van der Waals surface area contributed by atoms with Crippen molar-refractivity contribution in [3.05, 3.63) is 102 Å². The summed E-state index contributed by atoms with van der Waals surface area (Å²) >= 11 is 0. The van der Waals surface area contributed by atoms with Gasteiger partial charge >= 0.3 is 0 Å². The van der Waals surface area contributed by atoms with Gasteiger partial charge in [0.1, 0.15) is 11.5 Å². The van der Waals surface area contributed by atoms with Gasteiger partial charge in [0, 0.05) is 5.57 Å². The first-order chi connectivity index (χ1) is 12.7. The number of hydrogen-bond donors (Lipinski definition) is 0. The Bertz CT molecular complexity index is 883. The zero-order valence-corrected chi connectivity index (χ0v) is 14.9. The summed E-state index contributed by atoms with van der Waals surface area (Å²) in [6.07, 6.45) is 1.66. The maximum atomic E-state index is 5.99. The number of aliphatic imine (C=N–C) groups is 1. The molecule has 0 spiro atoms. The van der Waals surface area contributed by atoms with Crippen molar-refractivity contribution in [2.24, 2.45) is 4.99 Å². The van der Waals surface area contributed by atoms with E-state index in [9.17, 15) is 0 Å². The summed E-state index contributed by atoms with van der Waals surface area (Å²) in [6, 6.07) is 27.2. The number of rotatable bonds is 5. The van der Waals surface area contributed by atoms with Crippen molar-refractivity contribution in [2.75, 3.05) is 0 Å². The molecule has 0 amide bonds. The number of benzene rings is 3.